The zero-order chi connectivity index (χ0) is 30.8. The summed E-state index contributed by atoms with van der Waals surface area (Å²) in [4.78, 5) is 0. The molecule has 1 unspecified atom stereocenters. The van der Waals surface area contributed by atoms with Crippen molar-refractivity contribution < 1.29 is 14.0 Å². The fourth-order valence-electron chi connectivity index (χ4n) is 9.39. The van der Waals surface area contributed by atoms with Crippen LogP contribution in [0.5, 0.6) is 11.5 Å². The number of ether oxygens (including phenoxy) is 1. The van der Waals surface area contributed by atoms with Crippen LogP contribution < -0.4 is 14.0 Å². The van der Waals surface area contributed by atoms with Crippen LogP contribution in [0.1, 0.15) is 22.5 Å². The smallest absolute Gasteiger partial charge is 0.397 e. The van der Waals surface area contributed by atoms with E-state index in [-0.39, 0.29) is 0 Å². The van der Waals surface area contributed by atoms with Gasteiger partial charge >= 0.3 is 5.66 Å². The normalized spacial score (nSPS) is 16.6. The number of para-hydroxylation sites is 2. The number of fused-ring (bicyclic) bond motifs is 10. The summed E-state index contributed by atoms with van der Waals surface area (Å²) >= 11 is 0. The van der Waals surface area contributed by atoms with E-state index in [4.69, 9.17) is 4.74 Å². The minimum absolute atomic E-state index is 0.706. The minimum atomic E-state index is -0.706. The number of hydrogen-bond donors (Lipinski definition) is 0. The van der Waals surface area contributed by atoms with Gasteiger partial charge in [0.25, 0.3) is 5.82 Å². The molecule has 9 aromatic rings. The van der Waals surface area contributed by atoms with E-state index in [0.29, 0.717) is 0 Å². The maximum atomic E-state index is 6.87. The van der Waals surface area contributed by atoms with E-state index in [1.807, 2.05) is 0 Å². The second-order valence-electron chi connectivity index (χ2n) is 13.1. The van der Waals surface area contributed by atoms with Crippen molar-refractivity contribution in [2.24, 2.45) is 0 Å². The molecule has 0 saturated carbocycles. The summed E-state index contributed by atoms with van der Waals surface area (Å²) in [7, 11) is 0. The van der Waals surface area contributed by atoms with Crippen molar-refractivity contribution >= 4 is 38.2 Å². The Balaban J connectivity index is 1.31. The molecule has 0 bridgehead atoms. The monoisotopic (exact) mass is 605 g/mol. The highest BCUT2D eigenvalue weighted by Gasteiger charge is 2.70. The molecule has 3 aliphatic heterocycles. The number of hydrogen-bond acceptors (Lipinski definition) is 1. The van der Waals surface area contributed by atoms with Crippen LogP contribution in [-0.2, 0) is 5.66 Å². The molecular formula is C41H27N5O+2. The summed E-state index contributed by atoms with van der Waals surface area (Å²) in [5.74, 6) is 2.93. The molecule has 6 nitrogen and oxygen atoms in total. The highest BCUT2D eigenvalue weighted by atomic mass is 16.5. The van der Waals surface area contributed by atoms with Gasteiger partial charge in [0, 0.05) is 29.3 Å². The molecule has 5 aromatic heterocycles. The zero-order valence-electron chi connectivity index (χ0n) is 25.8. The van der Waals surface area contributed by atoms with Gasteiger partial charge in [0.05, 0.1) is 28.7 Å². The average molecular weight is 606 g/mol. The first-order chi connectivity index (χ1) is 23.2. The molecule has 220 valence electrons. The van der Waals surface area contributed by atoms with Crippen LogP contribution in [0.4, 0.5) is 0 Å². The summed E-state index contributed by atoms with van der Waals surface area (Å²) in [6, 6.07) is 43.9. The van der Waals surface area contributed by atoms with E-state index in [2.05, 4.69) is 164 Å². The number of aromatic nitrogens is 5. The Bertz CT molecular complexity index is 2920. The molecule has 0 aliphatic carbocycles. The second-order valence-corrected chi connectivity index (χ2v) is 13.1. The molecule has 0 amide bonds. The first-order valence-electron chi connectivity index (χ1n) is 16.2. The summed E-state index contributed by atoms with van der Waals surface area (Å²) in [5.41, 5.74) is 12.4. The van der Waals surface area contributed by atoms with Crippen LogP contribution in [0, 0.1) is 13.8 Å². The van der Waals surface area contributed by atoms with Gasteiger partial charge in [-0.25, -0.2) is 0 Å². The minimum Gasteiger partial charge on any atom is -0.456 e. The predicted octanol–water partition coefficient (Wildman–Crippen LogP) is 7.87. The van der Waals surface area contributed by atoms with Gasteiger partial charge in [-0.3, -0.25) is 0 Å². The number of benzene rings is 4. The fourth-order valence-corrected chi connectivity index (χ4v) is 9.39. The molecule has 6 heteroatoms. The molecule has 1 atom stereocenters. The Labute approximate surface area is 269 Å². The van der Waals surface area contributed by atoms with Crippen molar-refractivity contribution in [3.8, 4) is 34.3 Å². The Morgan fingerprint density at radius 1 is 0.660 bits per heavy atom. The molecule has 0 radical (unpaired) electrons. The maximum absolute atomic E-state index is 6.87. The van der Waals surface area contributed by atoms with Gasteiger partial charge in [0.2, 0.25) is 5.69 Å². The molecular weight excluding hydrogens is 578 g/mol. The SMILES string of the molecule is Cc1c(-c2ccc3ccc4ccccc4n23)c(C)[n+]2n1-c1cccc3c1C21c2c(ccc4c5ccccc5n(c24)-c2cccc[n+]21)O3. The Morgan fingerprint density at radius 3 is 2.40 bits per heavy atom. The second kappa shape index (κ2) is 7.80. The van der Waals surface area contributed by atoms with E-state index in [0.717, 1.165) is 23.0 Å². The van der Waals surface area contributed by atoms with E-state index in [1.165, 1.54) is 72.0 Å². The number of nitrogens with zero attached hydrogens (tertiary/aromatic N) is 5. The summed E-state index contributed by atoms with van der Waals surface area (Å²) in [6.45, 7) is 4.57. The highest BCUT2D eigenvalue weighted by molar-refractivity contribution is 6.11. The molecule has 4 aromatic carbocycles. The highest BCUT2D eigenvalue weighted by Crippen LogP contribution is 2.56. The first kappa shape index (κ1) is 24.1. The van der Waals surface area contributed by atoms with E-state index >= 15 is 0 Å². The van der Waals surface area contributed by atoms with E-state index in [1.54, 1.807) is 0 Å². The van der Waals surface area contributed by atoms with Crippen LogP contribution >= 0.6 is 0 Å². The lowest BCUT2D eigenvalue weighted by atomic mass is 9.84. The van der Waals surface area contributed by atoms with Crippen LogP contribution in [-0.4, -0.2) is 13.6 Å². The molecule has 8 heterocycles. The summed E-state index contributed by atoms with van der Waals surface area (Å²) < 4.78 is 19.2. The number of rotatable bonds is 1. The van der Waals surface area contributed by atoms with Crippen molar-refractivity contribution in [3.05, 3.63) is 150 Å². The first-order valence-corrected chi connectivity index (χ1v) is 16.2. The third-order valence-corrected chi connectivity index (χ3v) is 11.0. The molecule has 0 N–H and O–H groups in total. The Morgan fingerprint density at radius 2 is 1.47 bits per heavy atom. The van der Waals surface area contributed by atoms with Gasteiger partial charge in [-0.2, -0.15) is 9.13 Å². The zero-order valence-corrected chi connectivity index (χ0v) is 25.8. The third-order valence-electron chi connectivity index (χ3n) is 11.0. The van der Waals surface area contributed by atoms with Crippen LogP contribution in [0.25, 0.3) is 61.0 Å². The van der Waals surface area contributed by atoms with Crippen LogP contribution in [0.3, 0.4) is 0 Å². The fraction of sp³-hybridized carbons (Fsp3) is 0.0732. The third kappa shape index (κ3) is 2.48. The van der Waals surface area contributed by atoms with Crippen LogP contribution in [0.2, 0.25) is 0 Å². The lowest BCUT2D eigenvalue weighted by Gasteiger charge is -2.33. The van der Waals surface area contributed by atoms with Crippen molar-refractivity contribution in [1.82, 2.24) is 13.6 Å². The lowest BCUT2D eigenvalue weighted by Crippen LogP contribution is -2.77. The molecule has 47 heavy (non-hydrogen) atoms. The van der Waals surface area contributed by atoms with Gasteiger partial charge in [0.15, 0.2) is 11.1 Å². The maximum Gasteiger partial charge on any atom is 0.397 e. The van der Waals surface area contributed by atoms with E-state index < -0.39 is 5.66 Å². The Hall–Kier alpha value is -6.14. The van der Waals surface area contributed by atoms with Crippen molar-refractivity contribution in [2.45, 2.75) is 19.5 Å². The molecule has 0 saturated heterocycles. The van der Waals surface area contributed by atoms with Crippen molar-refractivity contribution in [2.75, 3.05) is 0 Å². The Kier molecular flexibility index (Phi) is 4.00. The van der Waals surface area contributed by atoms with Crippen molar-refractivity contribution in [1.29, 1.82) is 0 Å². The lowest BCUT2D eigenvalue weighted by molar-refractivity contribution is -0.995. The van der Waals surface area contributed by atoms with E-state index in [9.17, 15) is 0 Å². The van der Waals surface area contributed by atoms with Gasteiger partial charge in [0.1, 0.15) is 28.3 Å². The molecule has 3 aliphatic rings. The predicted molar refractivity (Wildman–Crippen MR) is 182 cm³/mol. The largest absolute Gasteiger partial charge is 0.456 e. The van der Waals surface area contributed by atoms with Gasteiger partial charge in [-0.15, -0.1) is 4.68 Å². The summed E-state index contributed by atoms with van der Waals surface area (Å²) in [5, 5.41) is 3.71. The summed E-state index contributed by atoms with van der Waals surface area (Å²) in [6.07, 6.45) is 2.26. The standard InChI is InChI=1S/C41H27N5O/c1-24-37(32-21-19-27-18-17-26-10-3-5-12-30(26)43(27)32)25(2)46-41-38-33(45(24)46)14-9-15-34(38)47-35-22-20-29-28-11-4-6-13-31(28)44(40(29)39(35)41)36-16-7-8-23-42(36)41/h3-23H,1-2H3/q+2. The van der Waals surface area contributed by atoms with Gasteiger partial charge in [-0.1, -0.05) is 53.2 Å². The van der Waals surface area contributed by atoms with Crippen molar-refractivity contribution in [3.63, 3.8) is 0 Å². The van der Waals surface area contributed by atoms with Gasteiger partial charge in [-0.05, 0) is 79.0 Å². The molecule has 0 fully saturated rings. The quantitative estimate of drug-likeness (QED) is 0.175. The molecule has 1 spiro atoms. The number of pyridine rings is 2. The van der Waals surface area contributed by atoms with Gasteiger partial charge < -0.3 is 9.14 Å². The topological polar surface area (TPSA) is 31.3 Å². The molecule has 12 rings (SSSR count). The van der Waals surface area contributed by atoms with Crippen LogP contribution in [0.15, 0.2) is 128 Å². The average Bonchev–Trinajstić information content (AvgIpc) is 3.84.